The van der Waals surface area contributed by atoms with Gasteiger partial charge in [0, 0.05) is 42.2 Å². The van der Waals surface area contributed by atoms with Gasteiger partial charge in [0.1, 0.15) is 24.7 Å². The molecule has 188 valence electrons. The van der Waals surface area contributed by atoms with E-state index in [2.05, 4.69) is 9.97 Å². The van der Waals surface area contributed by atoms with E-state index >= 15 is 0 Å². The molecule has 0 bridgehead atoms. The standard InChI is InChI=1S/C23H28FN5O5S/c24-22-16(14-33-21(30)10-20(25)26)2-1-3-19(22)17-11-27-23(28-12-17)34-13-15-6-8-29(9-7-15)35(31,32)18-4-5-18/h1-3,11-12,15,18H,4-10,13-14H2,(H3,25,26). The molecular weight excluding hydrogens is 477 g/mol. The number of piperidine rings is 1. The summed E-state index contributed by atoms with van der Waals surface area (Å²) in [6.45, 7) is 1.11. The summed E-state index contributed by atoms with van der Waals surface area (Å²) < 4.78 is 51.9. The maximum atomic E-state index is 14.9. The van der Waals surface area contributed by atoms with Crippen LogP contribution in [0.25, 0.3) is 11.1 Å². The highest BCUT2D eigenvalue weighted by atomic mass is 32.2. The van der Waals surface area contributed by atoms with Gasteiger partial charge in [-0.1, -0.05) is 18.2 Å². The fraction of sp³-hybridized carbons (Fsp3) is 0.478. The zero-order valence-electron chi connectivity index (χ0n) is 19.2. The lowest BCUT2D eigenvalue weighted by atomic mass is 9.99. The Bertz CT molecular complexity index is 1180. The number of sulfonamides is 1. The second-order valence-corrected chi connectivity index (χ2v) is 11.0. The molecule has 1 saturated carbocycles. The Kier molecular flexibility index (Phi) is 7.60. The third-order valence-corrected chi connectivity index (χ3v) is 8.47. The van der Waals surface area contributed by atoms with Crippen molar-refractivity contribution in [3.8, 4) is 17.1 Å². The van der Waals surface area contributed by atoms with E-state index in [1.54, 1.807) is 16.4 Å². The van der Waals surface area contributed by atoms with Gasteiger partial charge < -0.3 is 15.2 Å². The first-order valence-electron chi connectivity index (χ1n) is 11.4. The van der Waals surface area contributed by atoms with Crippen LogP contribution in [0.1, 0.15) is 37.7 Å². The second-order valence-electron chi connectivity index (χ2n) is 8.79. The van der Waals surface area contributed by atoms with Crippen molar-refractivity contribution in [2.75, 3.05) is 19.7 Å². The van der Waals surface area contributed by atoms with Crippen molar-refractivity contribution in [3.63, 3.8) is 0 Å². The number of amidine groups is 1. The van der Waals surface area contributed by atoms with Crippen LogP contribution in [0, 0.1) is 17.1 Å². The highest BCUT2D eigenvalue weighted by Crippen LogP contribution is 2.33. The Hall–Kier alpha value is -3.12. The van der Waals surface area contributed by atoms with Gasteiger partial charge in [-0.25, -0.2) is 27.1 Å². The molecule has 1 aromatic carbocycles. The zero-order chi connectivity index (χ0) is 25.0. The molecule has 0 spiro atoms. The number of hydrogen-bond donors (Lipinski definition) is 2. The van der Waals surface area contributed by atoms with E-state index in [1.807, 2.05) is 0 Å². The van der Waals surface area contributed by atoms with Crippen LogP contribution in [0.4, 0.5) is 4.39 Å². The summed E-state index contributed by atoms with van der Waals surface area (Å²) >= 11 is 0. The molecule has 0 unspecified atom stereocenters. The molecule has 2 fully saturated rings. The van der Waals surface area contributed by atoms with Gasteiger partial charge in [0.25, 0.3) is 0 Å². The van der Waals surface area contributed by atoms with Crippen molar-refractivity contribution in [1.82, 2.24) is 14.3 Å². The topological polar surface area (TPSA) is 149 Å². The highest BCUT2D eigenvalue weighted by Gasteiger charge is 2.41. The van der Waals surface area contributed by atoms with Gasteiger partial charge in [-0.15, -0.1) is 0 Å². The van der Waals surface area contributed by atoms with Gasteiger partial charge in [-0.2, -0.15) is 0 Å². The second kappa shape index (κ2) is 10.6. The van der Waals surface area contributed by atoms with E-state index in [4.69, 9.17) is 20.6 Å². The molecule has 2 aliphatic rings. The lowest BCUT2D eigenvalue weighted by Crippen LogP contribution is -2.41. The first kappa shape index (κ1) is 25.0. The number of carbonyl (C=O) groups is 1. The number of ether oxygens (including phenoxy) is 2. The van der Waals surface area contributed by atoms with E-state index in [0.717, 1.165) is 25.7 Å². The number of benzene rings is 1. The van der Waals surface area contributed by atoms with Crippen LogP contribution in [0.2, 0.25) is 0 Å². The number of nitrogens with one attached hydrogen (secondary N) is 1. The molecule has 0 radical (unpaired) electrons. The van der Waals surface area contributed by atoms with Crippen LogP contribution in [0.3, 0.4) is 0 Å². The first-order chi connectivity index (χ1) is 16.7. The zero-order valence-corrected chi connectivity index (χ0v) is 20.0. The Morgan fingerprint density at radius 1 is 1.17 bits per heavy atom. The van der Waals surface area contributed by atoms with Crippen LogP contribution in [0.5, 0.6) is 6.01 Å². The van der Waals surface area contributed by atoms with Crippen LogP contribution in [-0.2, 0) is 26.2 Å². The van der Waals surface area contributed by atoms with Crippen molar-refractivity contribution in [2.24, 2.45) is 11.7 Å². The lowest BCUT2D eigenvalue weighted by Gasteiger charge is -2.30. The summed E-state index contributed by atoms with van der Waals surface area (Å²) in [7, 11) is -3.13. The van der Waals surface area contributed by atoms with Crippen molar-refractivity contribution in [2.45, 2.75) is 44.0 Å². The van der Waals surface area contributed by atoms with Gasteiger partial charge in [0.15, 0.2) is 0 Å². The molecule has 35 heavy (non-hydrogen) atoms. The van der Waals surface area contributed by atoms with E-state index < -0.39 is 21.8 Å². The summed E-state index contributed by atoms with van der Waals surface area (Å²) in [6, 6.07) is 4.86. The minimum Gasteiger partial charge on any atom is -0.463 e. The highest BCUT2D eigenvalue weighted by molar-refractivity contribution is 7.90. The Balaban J connectivity index is 1.30. The molecule has 0 amide bonds. The summed E-state index contributed by atoms with van der Waals surface area (Å²) in [4.78, 5) is 19.9. The van der Waals surface area contributed by atoms with E-state index in [9.17, 15) is 17.6 Å². The van der Waals surface area contributed by atoms with Crippen LogP contribution >= 0.6 is 0 Å². The largest absolute Gasteiger partial charge is 0.463 e. The number of carbonyl (C=O) groups excluding carboxylic acids is 1. The third-order valence-electron chi connectivity index (χ3n) is 6.07. The van der Waals surface area contributed by atoms with Gasteiger partial charge in [-0.3, -0.25) is 10.2 Å². The predicted molar refractivity (Wildman–Crippen MR) is 125 cm³/mol. The van der Waals surface area contributed by atoms with Crippen molar-refractivity contribution < 1.29 is 27.1 Å². The average Bonchev–Trinajstić information content (AvgIpc) is 3.69. The molecule has 1 aliphatic carbocycles. The molecule has 4 rings (SSSR count). The average molecular weight is 506 g/mol. The molecule has 1 saturated heterocycles. The number of halogens is 1. The number of aromatic nitrogens is 2. The smallest absolute Gasteiger partial charge is 0.316 e. The summed E-state index contributed by atoms with van der Waals surface area (Å²) in [5.74, 6) is -1.38. The Morgan fingerprint density at radius 2 is 1.86 bits per heavy atom. The van der Waals surface area contributed by atoms with Crippen LogP contribution in [0.15, 0.2) is 30.6 Å². The molecule has 0 atom stereocenters. The molecule has 1 aromatic heterocycles. The fourth-order valence-electron chi connectivity index (χ4n) is 3.91. The summed E-state index contributed by atoms with van der Waals surface area (Å²) in [6.07, 6.45) is 5.53. The molecule has 12 heteroatoms. The van der Waals surface area contributed by atoms with Crippen molar-refractivity contribution in [1.29, 1.82) is 5.41 Å². The van der Waals surface area contributed by atoms with Crippen LogP contribution < -0.4 is 10.5 Å². The predicted octanol–water partition coefficient (Wildman–Crippen LogP) is 2.23. The molecule has 1 aliphatic heterocycles. The van der Waals surface area contributed by atoms with E-state index in [-0.39, 0.29) is 47.2 Å². The SMILES string of the molecule is N=C(N)CC(=O)OCc1cccc(-c2cnc(OCC3CCN(S(=O)(=O)C4CC4)CC3)nc2)c1F. The maximum absolute atomic E-state index is 14.9. The van der Waals surface area contributed by atoms with Gasteiger partial charge in [-0.05, 0) is 31.6 Å². The van der Waals surface area contributed by atoms with E-state index in [0.29, 0.717) is 25.3 Å². The number of nitrogens with zero attached hydrogens (tertiary/aromatic N) is 3. The van der Waals surface area contributed by atoms with Crippen molar-refractivity contribution >= 4 is 21.8 Å². The molecule has 2 aromatic rings. The number of nitrogens with two attached hydrogens (primary N) is 1. The number of rotatable bonds is 10. The van der Waals surface area contributed by atoms with Crippen LogP contribution in [-0.4, -0.2) is 59.4 Å². The number of esters is 1. The van der Waals surface area contributed by atoms with Crippen molar-refractivity contribution in [3.05, 3.63) is 42.0 Å². The maximum Gasteiger partial charge on any atom is 0.316 e. The first-order valence-corrected chi connectivity index (χ1v) is 12.9. The van der Waals surface area contributed by atoms with Gasteiger partial charge in [0.05, 0.1) is 11.9 Å². The summed E-state index contributed by atoms with van der Waals surface area (Å²) in [5, 5.41) is 6.92. The summed E-state index contributed by atoms with van der Waals surface area (Å²) in [5.41, 5.74) is 6.02. The quantitative estimate of drug-likeness (QED) is 0.284. The fourth-order valence-corrected chi connectivity index (χ4v) is 5.78. The molecule has 2 heterocycles. The lowest BCUT2D eigenvalue weighted by molar-refractivity contribution is -0.143. The minimum absolute atomic E-state index is 0.163. The molecule has 3 N–H and O–H groups in total. The molecule has 10 nitrogen and oxygen atoms in total. The van der Waals surface area contributed by atoms with Gasteiger partial charge in [0.2, 0.25) is 10.0 Å². The normalized spacial score (nSPS) is 17.2. The minimum atomic E-state index is -3.13. The Morgan fingerprint density at radius 3 is 2.49 bits per heavy atom. The monoisotopic (exact) mass is 505 g/mol. The van der Waals surface area contributed by atoms with E-state index in [1.165, 1.54) is 18.5 Å². The van der Waals surface area contributed by atoms with Gasteiger partial charge >= 0.3 is 12.0 Å². The third kappa shape index (κ3) is 6.31. The Labute approximate surface area is 203 Å². The number of hydrogen-bond acceptors (Lipinski definition) is 8. The molecular formula is C23H28FN5O5S.